The minimum atomic E-state index is -0.440. The Labute approximate surface area is 106 Å². The van der Waals surface area contributed by atoms with Crippen molar-refractivity contribution in [2.75, 3.05) is 0 Å². The average Bonchev–Trinajstić information content (AvgIpc) is 2.26. The lowest BCUT2D eigenvalue weighted by Gasteiger charge is -2.17. The molecule has 1 heterocycles. The summed E-state index contributed by atoms with van der Waals surface area (Å²) in [5.41, 5.74) is -0.597. The van der Waals surface area contributed by atoms with E-state index in [-0.39, 0.29) is 10.7 Å². The number of hydrogen-bond donors (Lipinski definition) is 0. The molecule has 0 fully saturated rings. The van der Waals surface area contributed by atoms with Crippen LogP contribution in [0.4, 0.5) is 0 Å². The zero-order chi connectivity index (χ0) is 13.1. The highest BCUT2D eigenvalue weighted by atomic mass is 35.5. The topological polar surface area (TPSA) is 58.7 Å². The summed E-state index contributed by atoms with van der Waals surface area (Å²) in [6, 6.07) is 3.52. The molecule has 0 spiro atoms. The van der Waals surface area contributed by atoms with Crippen molar-refractivity contribution < 1.29 is 0 Å². The Morgan fingerprint density at radius 2 is 2.24 bits per heavy atom. The fraction of sp³-hybridized carbons (Fsp3) is 0.583. The Morgan fingerprint density at radius 1 is 1.59 bits per heavy atom. The maximum absolute atomic E-state index is 11.8. The van der Waals surface area contributed by atoms with E-state index in [4.69, 9.17) is 16.9 Å². The molecule has 1 aromatic heterocycles. The Hall–Kier alpha value is -1.34. The minimum Gasteiger partial charge on any atom is -0.297 e. The van der Waals surface area contributed by atoms with E-state index in [2.05, 4.69) is 11.1 Å². The smallest absolute Gasteiger partial charge is 0.254 e. The normalized spacial score (nSPS) is 11.2. The predicted octanol–water partition coefficient (Wildman–Crippen LogP) is 2.40. The average molecular weight is 254 g/mol. The maximum Gasteiger partial charge on any atom is 0.254 e. The van der Waals surface area contributed by atoms with Gasteiger partial charge in [0.2, 0.25) is 0 Å². The molecule has 0 radical (unpaired) electrons. The van der Waals surface area contributed by atoms with Crippen LogP contribution in [0, 0.1) is 16.7 Å². The van der Waals surface area contributed by atoms with Crippen LogP contribution < -0.4 is 5.56 Å². The molecule has 0 unspecified atom stereocenters. The largest absolute Gasteiger partial charge is 0.297 e. The van der Waals surface area contributed by atoms with Crippen molar-refractivity contribution >= 4 is 11.6 Å². The minimum absolute atomic E-state index is 0.157. The Bertz CT molecular complexity index is 499. The first-order chi connectivity index (χ1) is 7.89. The molecular formula is C12H16ClN3O. The van der Waals surface area contributed by atoms with Crippen LogP contribution in [0.1, 0.15) is 33.0 Å². The van der Waals surface area contributed by atoms with Gasteiger partial charge in [0, 0.05) is 19.0 Å². The highest BCUT2D eigenvalue weighted by Gasteiger charge is 2.17. The molecule has 0 bridgehead atoms. The van der Waals surface area contributed by atoms with Crippen molar-refractivity contribution in [1.29, 1.82) is 5.26 Å². The van der Waals surface area contributed by atoms with Gasteiger partial charge in [-0.1, -0.05) is 18.5 Å². The first kappa shape index (κ1) is 13.7. The Kier molecular flexibility index (Phi) is 4.30. The quantitative estimate of drug-likeness (QED) is 0.774. The van der Waals surface area contributed by atoms with Gasteiger partial charge in [0.1, 0.15) is 11.0 Å². The van der Waals surface area contributed by atoms with E-state index in [1.165, 1.54) is 6.07 Å². The molecule has 1 aromatic rings. The van der Waals surface area contributed by atoms with Gasteiger partial charge >= 0.3 is 0 Å². The van der Waals surface area contributed by atoms with Gasteiger partial charge in [0.15, 0.2) is 0 Å². The van der Waals surface area contributed by atoms with Crippen molar-refractivity contribution in [3.05, 3.63) is 27.4 Å². The molecule has 4 nitrogen and oxygen atoms in total. The first-order valence-corrected chi connectivity index (χ1v) is 5.95. The zero-order valence-corrected chi connectivity index (χ0v) is 11.1. The molecule has 0 aromatic carbocycles. The number of aromatic nitrogens is 2. The molecule has 1 rings (SSSR count). The predicted molar refractivity (Wildman–Crippen MR) is 66.9 cm³/mol. The molecule has 0 amide bonds. The van der Waals surface area contributed by atoms with Crippen molar-refractivity contribution in [2.45, 2.75) is 40.2 Å². The number of nitriles is 1. The van der Waals surface area contributed by atoms with Gasteiger partial charge in [-0.15, -0.1) is 0 Å². The highest BCUT2D eigenvalue weighted by Crippen LogP contribution is 2.19. The lowest BCUT2D eigenvalue weighted by atomic mass is 9.91. The van der Waals surface area contributed by atoms with E-state index in [1.54, 1.807) is 4.57 Å². The summed E-state index contributed by atoms with van der Waals surface area (Å²) in [7, 11) is 0. The fourth-order valence-corrected chi connectivity index (χ4v) is 1.67. The van der Waals surface area contributed by atoms with E-state index < -0.39 is 5.41 Å². The number of nitrogens with zero attached hydrogens (tertiary/aromatic N) is 3. The first-order valence-electron chi connectivity index (χ1n) is 5.57. The van der Waals surface area contributed by atoms with Crippen LogP contribution in [0.5, 0.6) is 0 Å². The van der Waals surface area contributed by atoms with Crippen LogP contribution in [0.25, 0.3) is 0 Å². The lowest BCUT2D eigenvalue weighted by molar-refractivity contribution is 0.402. The van der Waals surface area contributed by atoms with Gasteiger partial charge < -0.3 is 0 Å². The van der Waals surface area contributed by atoms with Crippen LogP contribution in [0.15, 0.2) is 10.9 Å². The molecule has 17 heavy (non-hydrogen) atoms. The number of halogens is 1. The number of rotatable bonds is 4. The summed E-state index contributed by atoms with van der Waals surface area (Å²) in [5.74, 6) is 0.663. The van der Waals surface area contributed by atoms with E-state index in [9.17, 15) is 4.79 Å². The van der Waals surface area contributed by atoms with Gasteiger partial charge in [0.05, 0.1) is 11.5 Å². The van der Waals surface area contributed by atoms with Crippen molar-refractivity contribution in [3.8, 4) is 6.07 Å². The number of aryl methyl sites for hydroxylation is 1. The van der Waals surface area contributed by atoms with E-state index in [0.717, 1.165) is 0 Å². The van der Waals surface area contributed by atoms with Crippen LogP contribution in [-0.4, -0.2) is 9.55 Å². The second-order valence-electron chi connectivity index (χ2n) is 4.58. The second-order valence-corrected chi connectivity index (χ2v) is 4.97. The van der Waals surface area contributed by atoms with E-state index in [1.807, 2.05) is 20.8 Å². The van der Waals surface area contributed by atoms with Crippen molar-refractivity contribution in [3.63, 3.8) is 0 Å². The van der Waals surface area contributed by atoms with Crippen molar-refractivity contribution in [2.24, 2.45) is 5.41 Å². The second kappa shape index (κ2) is 5.33. The van der Waals surface area contributed by atoms with E-state index >= 15 is 0 Å². The molecule has 0 N–H and O–H groups in total. The number of hydrogen-bond acceptors (Lipinski definition) is 3. The lowest BCUT2D eigenvalue weighted by Crippen LogP contribution is -2.26. The van der Waals surface area contributed by atoms with Crippen LogP contribution in [0.3, 0.4) is 0 Å². The molecule has 0 saturated carbocycles. The molecular weight excluding hydrogens is 238 g/mol. The third-order valence-electron chi connectivity index (χ3n) is 2.64. The SMILES string of the molecule is CCc1nc(Cl)cc(=O)n1CCC(C)(C)C#N. The summed E-state index contributed by atoms with van der Waals surface area (Å²) < 4.78 is 1.59. The van der Waals surface area contributed by atoms with Crippen molar-refractivity contribution in [1.82, 2.24) is 9.55 Å². The van der Waals surface area contributed by atoms with Gasteiger partial charge in [-0.2, -0.15) is 5.26 Å². The molecule has 0 saturated heterocycles. The molecule has 92 valence electrons. The third-order valence-corrected chi connectivity index (χ3v) is 2.83. The van der Waals surface area contributed by atoms with Crippen LogP contribution in [-0.2, 0) is 13.0 Å². The summed E-state index contributed by atoms with van der Waals surface area (Å²) >= 11 is 5.74. The molecule has 0 aliphatic rings. The van der Waals surface area contributed by atoms with Crippen LogP contribution >= 0.6 is 11.6 Å². The fourth-order valence-electron chi connectivity index (χ4n) is 1.48. The summed E-state index contributed by atoms with van der Waals surface area (Å²) in [5, 5.41) is 9.16. The Balaban J connectivity index is 3.00. The van der Waals surface area contributed by atoms with Crippen LogP contribution in [0.2, 0.25) is 5.15 Å². The summed E-state index contributed by atoms with van der Waals surface area (Å²) in [4.78, 5) is 15.9. The molecule has 0 aliphatic carbocycles. The molecule has 0 atom stereocenters. The highest BCUT2D eigenvalue weighted by molar-refractivity contribution is 6.29. The summed E-state index contributed by atoms with van der Waals surface area (Å²) in [6.45, 7) is 6.12. The van der Waals surface area contributed by atoms with Gasteiger partial charge in [-0.3, -0.25) is 9.36 Å². The van der Waals surface area contributed by atoms with Gasteiger partial charge in [-0.25, -0.2) is 4.98 Å². The van der Waals surface area contributed by atoms with E-state index in [0.29, 0.717) is 25.2 Å². The third kappa shape index (κ3) is 3.57. The molecule has 0 aliphatic heterocycles. The molecule has 5 heteroatoms. The standard InChI is InChI=1S/C12H16ClN3O/c1-4-10-15-9(13)7-11(17)16(10)6-5-12(2,3)8-14/h7H,4-6H2,1-3H3. The summed E-state index contributed by atoms with van der Waals surface area (Å²) in [6.07, 6.45) is 1.25. The Morgan fingerprint density at radius 3 is 2.76 bits per heavy atom. The monoisotopic (exact) mass is 253 g/mol. The van der Waals surface area contributed by atoms with Gasteiger partial charge in [0.25, 0.3) is 5.56 Å². The maximum atomic E-state index is 11.8. The van der Waals surface area contributed by atoms with Gasteiger partial charge in [-0.05, 0) is 20.3 Å². The zero-order valence-electron chi connectivity index (χ0n) is 10.3.